The van der Waals surface area contributed by atoms with Crippen LogP contribution in [0.3, 0.4) is 0 Å². The SMILES string of the molecule is CO[C@@H](CNC(=O)Nc1ccc(C)c(C)c1)c1ccccc1Cl. The summed E-state index contributed by atoms with van der Waals surface area (Å²) in [6.07, 6.45) is -0.297. The molecule has 0 aliphatic rings. The van der Waals surface area contributed by atoms with E-state index in [0.29, 0.717) is 11.6 Å². The minimum atomic E-state index is -0.297. The predicted octanol–water partition coefficient (Wildman–Crippen LogP) is 4.47. The molecule has 0 aliphatic carbocycles. The predicted molar refractivity (Wildman–Crippen MR) is 94.1 cm³/mol. The Labute approximate surface area is 141 Å². The molecule has 2 rings (SSSR count). The highest BCUT2D eigenvalue weighted by molar-refractivity contribution is 6.31. The van der Waals surface area contributed by atoms with Crippen LogP contribution in [0.25, 0.3) is 0 Å². The van der Waals surface area contributed by atoms with Gasteiger partial charge in [0, 0.05) is 29.9 Å². The minimum absolute atomic E-state index is 0.276. The molecule has 0 spiro atoms. The fourth-order valence-corrected chi connectivity index (χ4v) is 2.49. The summed E-state index contributed by atoms with van der Waals surface area (Å²) in [6.45, 7) is 4.37. The van der Waals surface area contributed by atoms with Gasteiger partial charge in [-0.15, -0.1) is 0 Å². The Hall–Kier alpha value is -2.04. The summed E-state index contributed by atoms with van der Waals surface area (Å²) in [5, 5.41) is 6.25. The molecule has 0 saturated carbocycles. The van der Waals surface area contributed by atoms with Crippen molar-refractivity contribution >= 4 is 23.3 Å². The normalized spacial score (nSPS) is 11.8. The van der Waals surface area contributed by atoms with Crippen LogP contribution in [0.15, 0.2) is 42.5 Å². The molecule has 0 saturated heterocycles. The van der Waals surface area contributed by atoms with Gasteiger partial charge >= 0.3 is 6.03 Å². The van der Waals surface area contributed by atoms with Crippen molar-refractivity contribution in [1.82, 2.24) is 5.32 Å². The van der Waals surface area contributed by atoms with E-state index in [0.717, 1.165) is 16.8 Å². The number of amides is 2. The zero-order valence-electron chi connectivity index (χ0n) is 13.5. The van der Waals surface area contributed by atoms with Gasteiger partial charge in [0.2, 0.25) is 0 Å². The summed E-state index contributed by atoms with van der Waals surface area (Å²) >= 11 is 6.17. The number of anilines is 1. The molecule has 2 N–H and O–H groups in total. The van der Waals surface area contributed by atoms with Gasteiger partial charge in [0.25, 0.3) is 0 Å². The smallest absolute Gasteiger partial charge is 0.319 e. The van der Waals surface area contributed by atoms with E-state index in [1.165, 1.54) is 5.56 Å². The van der Waals surface area contributed by atoms with Crippen LogP contribution in [0.2, 0.25) is 5.02 Å². The summed E-state index contributed by atoms with van der Waals surface area (Å²) in [5.74, 6) is 0. The van der Waals surface area contributed by atoms with Gasteiger partial charge in [-0.05, 0) is 43.2 Å². The number of benzene rings is 2. The molecule has 122 valence electrons. The van der Waals surface area contributed by atoms with E-state index in [2.05, 4.69) is 10.6 Å². The van der Waals surface area contributed by atoms with Crippen molar-refractivity contribution in [2.24, 2.45) is 0 Å². The van der Waals surface area contributed by atoms with Gasteiger partial charge < -0.3 is 15.4 Å². The van der Waals surface area contributed by atoms with E-state index in [-0.39, 0.29) is 12.1 Å². The third kappa shape index (κ3) is 4.71. The molecule has 4 nitrogen and oxygen atoms in total. The van der Waals surface area contributed by atoms with Crippen LogP contribution in [0, 0.1) is 13.8 Å². The van der Waals surface area contributed by atoms with Crippen LogP contribution in [0.4, 0.5) is 10.5 Å². The number of hydrogen-bond acceptors (Lipinski definition) is 2. The van der Waals surface area contributed by atoms with E-state index in [1.807, 2.05) is 50.2 Å². The largest absolute Gasteiger partial charge is 0.375 e. The number of carbonyl (C=O) groups is 1. The lowest BCUT2D eigenvalue weighted by Crippen LogP contribution is -2.33. The molecule has 2 amide bonds. The summed E-state index contributed by atoms with van der Waals surface area (Å²) < 4.78 is 5.43. The van der Waals surface area contributed by atoms with Gasteiger partial charge in [0.15, 0.2) is 0 Å². The van der Waals surface area contributed by atoms with Gasteiger partial charge in [-0.3, -0.25) is 0 Å². The third-order valence-electron chi connectivity index (χ3n) is 3.75. The van der Waals surface area contributed by atoms with Gasteiger partial charge in [-0.2, -0.15) is 0 Å². The Morgan fingerprint density at radius 2 is 1.91 bits per heavy atom. The molecular weight excluding hydrogens is 312 g/mol. The van der Waals surface area contributed by atoms with Crippen molar-refractivity contribution in [2.75, 3.05) is 19.0 Å². The van der Waals surface area contributed by atoms with E-state index < -0.39 is 0 Å². The monoisotopic (exact) mass is 332 g/mol. The van der Waals surface area contributed by atoms with Crippen LogP contribution in [0.5, 0.6) is 0 Å². The lowest BCUT2D eigenvalue weighted by Gasteiger charge is -2.18. The molecule has 0 unspecified atom stereocenters. The number of ether oxygens (including phenoxy) is 1. The van der Waals surface area contributed by atoms with Crippen molar-refractivity contribution in [1.29, 1.82) is 0 Å². The van der Waals surface area contributed by atoms with Crippen molar-refractivity contribution in [3.8, 4) is 0 Å². The van der Waals surface area contributed by atoms with Crippen LogP contribution >= 0.6 is 11.6 Å². The molecule has 0 fully saturated rings. The van der Waals surface area contributed by atoms with Gasteiger partial charge in [0.1, 0.15) is 6.10 Å². The Bertz CT molecular complexity index is 688. The molecule has 0 heterocycles. The molecule has 2 aromatic carbocycles. The first-order valence-electron chi connectivity index (χ1n) is 7.40. The lowest BCUT2D eigenvalue weighted by atomic mass is 10.1. The number of carbonyl (C=O) groups excluding carboxylic acids is 1. The molecule has 5 heteroatoms. The summed E-state index contributed by atoms with van der Waals surface area (Å²) in [4.78, 5) is 12.0. The zero-order valence-corrected chi connectivity index (χ0v) is 14.3. The van der Waals surface area contributed by atoms with Crippen LogP contribution in [-0.2, 0) is 4.74 Å². The standard InChI is InChI=1S/C18H21ClN2O2/c1-12-8-9-14(10-13(12)2)21-18(22)20-11-17(23-3)15-6-4-5-7-16(15)19/h4-10,17H,11H2,1-3H3,(H2,20,21,22)/t17-/m0/s1. The first kappa shape index (κ1) is 17.3. The summed E-state index contributed by atoms with van der Waals surface area (Å²) in [6, 6.07) is 13.0. The first-order valence-corrected chi connectivity index (χ1v) is 7.78. The van der Waals surface area contributed by atoms with E-state index in [9.17, 15) is 4.79 Å². The Balaban J connectivity index is 1.94. The average molecular weight is 333 g/mol. The van der Waals surface area contributed by atoms with Crippen molar-refractivity contribution in [3.63, 3.8) is 0 Å². The summed E-state index contributed by atoms with van der Waals surface area (Å²) in [7, 11) is 1.59. The molecule has 0 radical (unpaired) electrons. The molecule has 2 aromatic rings. The fourth-order valence-electron chi connectivity index (χ4n) is 2.24. The lowest BCUT2D eigenvalue weighted by molar-refractivity contribution is 0.104. The number of halogens is 1. The molecule has 0 aliphatic heterocycles. The molecule has 0 bridgehead atoms. The van der Waals surface area contributed by atoms with Gasteiger partial charge in [-0.25, -0.2) is 4.79 Å². The Morgan fingerprint density at radius 1 is 1.17 bits per heavy atom. The van der Waals surface area contributed by atoms with Crippen LogP contribution in [-0.4, -0.2) is 19.7 Å². The second-order valence-electron chi connectivity index (χ2n) is 5.38. The Kier molecular flexibility index (Phi) is 6.02. The zero-order chi connectivity index (χ0) is 16.8. The van der Waals surface area contributed by atoms with E-state index in [1.54, 1.807) is 13.2 Å². The minimum Gasteiger partial charge on any atom is -0.375 e. The van der Waals surface area contributed by atoms with Gasteiger partial charge in [-0.1, -0.05) is 35.9 Å². The van der Waals surface area contributed by atoms with E-state index >= 15 is 0 Å². The van der Waals surface area contributed by atoms with Crippen molar-refractivity contribution in [3.05, 3.63) is 64.2 Å². The number of methoxy groups -OCH3 is 1. The van der Waals surface area contributed by atoms with Crippen molar-refractivity contribution < 1.29 is 9.53 Å². The third-order valence-corrected chi connectivity index (χ3v) is 4.09. The molecule has 0 aromatic heterocycles. The maximum atomic E-state index is 12.0. The number of rotatable bonds is 5. The van der Waals surface area contributed by atoms with E-state index in [4.69, 9.17) is 16.3 Å². The highest BCUT2D eigenvalue weighted by Crippen LogP contribution is 2.24. The van der Waals surface area contributed by atoms with Crippen LogP contribution in [0.1, 0.15) is 22.8 Å². The highest BCUT2D eigenvalue weighted by atomic mass is 35.5. The maximum Gasteiger partial charge on any atom is 0.319 e. The van der Waals surface area contributed by atoms with Crippen LogP contribution < -0.4 is 10.6 Å². The molecule has 23 heavy (non-hydrogen) atoms. The summed E-state index contributed by atoms with van der Waals surface area (Å²) in [5.41, 5.74) is 3.93. The quantitative estimate of drug-likeness (QED) is 0.849. The molecular formula is C18H21ClN2O2. The van der Waals surface area contributed by atoms with Gasteiger partial charge in [0.05, 0.1) is 0 Å². The second-order valence-corrected chi connectivity index (χ2v) is 5.79. The average Bonchev–Trinajstić information content (AvgIpc) is 2.53. The number of urea groups is 1. The second kappa shape index (κ2) is 7.99. The number of aryl methyl sites for hydroxylation is 2. The highest BCUT2D eigenvalue weighted by Gasteiger charge is 2.15. The number of hydrogen-bond donors (Lipinski definition) is 2. The number of nitrogens with one attached hydrogen (secondary N) is 2. The van der Waals surface area contributed by atoms with Crippen molar-refractivity contribution in [2.45, 2.75) is 20.0 Å². The topological polar surface area (TPSA) is 50.4 Å². The molecule has 1 atom stereocenters. The first-order chi connectivity index (χ1) is 11.0. The Morgan fingerprint density at radius 3 is 2.57 bits per heavy atom. The maximum absolute atomic E-state index is 12.0. The fraction of sp³-hybridized carbons (Fsp3) is 0.278.